The number of likely N-dealkylation sites (N-methyl/N-ethyl adjacent to an activating group) is 1. The van der Waals surface area contributed by atoms with E-state index in [1.54, 1.807) is 14.2 Å². The van der Waals surface area contributed by atoms with Crippen LogP contribution >= 0.6 is 0 Å². The molecule has 1 aliphatic heterocycles. The molecule has 1 saturated heterocycles. The molecular formula is C13H28N2O3. The van der Waals surface area contributed by atoms with Gasteiger partial charge in [-0.15, -0.1) is 0 Å². The van der Waals surface area contributed by atoms with E-state index in [0.29, 0.717) is 6.04 Å². The minimum absolute atomic E-state index is 0.142. The Balaban J connectivity index is 2.55. The molecule has 18 heavy (non-hydrogen) atoms. The molecule has 5 nitrogen and oxygen atoms in total. The molecule has 108 valence electrons. The molecule has 0 bridgehead atoms. The molecular weight excluding hydrogens is 232 g/mol. The van der Waals surface area contributed by atoms with Gasteiger partial charge in [0.2, 0.25) is 0 Å². The second kappa shape index (κ2) is 6.82. The summed E-state index contributed by atoms with van der Waals surface area (Å²) in [6.07, 6.45) is 1.19. The molecule has 0 amide bonds. The van der Waals surface area contributed by atoms with Crippen LogP contribution in [-0.2, 0) is 9.47 Å². The first-order valence-corrected chi connectivity index (χ1v) is 6.59. The summed E-state index contributed by atoms with van der Waals surface area (Å²) in [7, 11) is 5.36. The number of hydrogen-bond acceptors (Lipinski definition) is 5. The van der Waals surface area contributed by atoms with Crippen molar-refractivity contribution >= 4 is 0 Å². The van der Waals surface area contributed by atoms with Crippen LogP contribution in [-0.4, -0.2) is 74.8 Å². The average molecular weight is 260 g/mol. The Bertz CT molecular complexity index is 234. The minimum atomic E-state index is -0.229. The molecule has 2 N–H and O–H groups in total. The summed E-state index contributed by atoms with van der Waals surface area (Å²) >= 11 is 0. The summed E-state index contributed by atoms with van der Waals surface area (Å²) < 4.78 is 10.9. The molecule has 0 radical (unpaired) electrons. The number of hydrogen-bond donors (Lipinski definition) is 2. The van der Waals surface area contributed by atoms with Crippen LogP contribution in [0, 0.1) is 0 Å². The molecule has 4 atom stereocenters. The molecule has 1 fully saturated rings. The van der Waals surface area contributed by atoms with E-state index in [1.165, 1.54) is 0 Å². The van der Waals surface area contributed by atoms with E-state index in [0.717, 1.165) is 19.5 Å². The van der Waals surface area contributed by atoms with Gasteiger partial charge in [-0.05, 0) is 27.3 Å². The van der Waals surface area contributed by atoms with E-state index in [-0.39, 0.29) is 24.4 Å². The first-order chi connectivity index (χ1) is 8.49. The topological polar surface area (TPSA) is 54.0 Å². The SMILES string of the molecule is CNC(C)(CO)CC(C)N1CC(OC)C(OC)C1. The lowest BCUT2D eigenvalue weighted by atomic mass is 9.94. The van der Waals surface area contributed by atoms with E-state index in [1.807, 2.05) is 14.0 Å². The number of aliphatic hydroxyl groups excluding tert-OH is 1. The fourth-order valence-corrected chi connectivity index (χ4v) is 2.61. The largest absolute Gasteiger partial charge is 0.394 e. The molecule has 0 aromatic rings. The second-order valence-corrected chi connectivity index (χ2v) is 5.52. The van der Waals surface area contributed by atoms with Crippen molar-refractivity contribution in [3.05, 3.63) is 0 Å². The normalized spacial score (nSPS) is 30.3. The Morgan fingerprint density at radius 2 is 1.83 bits per heavy atom. The van der Waals surface area contributed by atoms with Gasteiger partial charge in [0.15, 0.2) is 0 Å². The second-order valence-electron chi connectivity index (χ2n) is 5.52. The predicted octanol–water partition coefficient (Wildman–Crippen LogP) is 0.0810. The van der Waals surface area contributed by atoms with E-state index in [4.69, 9.17) is 9.47 Å². The zero-order chi connectivity index (χ0) is 13.8. The predicted molar refractivity (Wildman–Crippen MR) is 71.8 cm³/mol. The molecule has 5 heteroatoms. The van der Waals surface area contributed by atoms with Gasteiger partial charge in [-0.1, -0.05) is 0 Å². The number of methoxy groups -OCH3 is 2. The highest BCUT2D eigenvalue weighted by Crippen LogP contribution is 2.22. The number of likely N-dealkylation sites (tertiary alicyclic amines) is 1. The maximum Gasteiger partial charge on any atom is 0.0971 e. The van der Waals surface area contributed by atoms with Gasteiger partial charge in [-0.25, -0.2) is 0 Å². The summed E-state index contributed by atoms with van der Waals surface area (Å²) in [4.78, 5) is 2.37. The monoisotopic (exact) mass is 260 g/mol. The van der Waals surface area contributed by atoms with Gasteiger partial charge in [0.05, 0.1) is 18.8 Å². The standard InChI is InChI=1S/C13H28N2O3/c1-10(6-13(2,9-16)14-3)15-7-11(17-4)12(8-15)18-5/h10-12,14,16H,6-9H2,1-5H3. The van der Waals surface area contributed by atoms with Crippen LogP contribution in [0.1, 0.15) is 20.3 Å². The molecule has 1 aliphatic rings. The van der Waals surface area contributed by atoms with Crippen LogP contribution in [0.5, 0.6) is 0 Å². The molecule has 4 unspecified atom stereocenters. The lowest BCUT2D eigenvalue weighted by Gasteiger charge is -2.34. The number of rotatable bonds is 7. The average Bonchev–Trinajstić information content (AvgIpc) is 2.81. The number of nitrogens with zero attached hydrogens (tertiary/aromatic N) is 1. The Morgan fingerprint density at radius 1 is 1.33 bits per heavy atom. The molecule has 0 aromatic carbocycles. The van der Waals surface area contributed by atoms with Crippen molar-refractivity contribution in [1.29, 1.82) is 0 Å². The Labute approximate surface area is 110 Å². The van der Waals surface area contributed by atoms with Gasteiger partial charge in [-0.3, -0.25) is 4.90 Å². The highest BCUT2D eigenvalue weighted by atomic mass is 16.5. The third-order valence-electron chi connectivity index (χ3n) is 4.17. The lowest BCUT2D eigenvalue weighted by Crippen LogP contribution is -2.49. The molecule has 0 spiro atoms. The quantitative estimate of drug-likeness (QED) is 0.679. The van der Waals surface area contributed by atoms with E-state index in [2.05, 4.69) is 17.1 Å². The molecule has 0 aromatic heterocycles. The van der Waals surface area contributed by atoms with Crippen molar-refractivity contribution < 1.29 is 14.6 Å². The van der Waals surface area contributed by atoms with Crippen molar-refractivity contribution in [2.24, 2.45) is 0 Å². The summed E-state index contributed by atoms with van der Waals surface area (Å²) in [5.74, 6) is 0. The smallest absolute Gasteiger partial charge is 0.0971 e. The summed E-state index contributed by atoms with van der Waals surface area (Å²) in [6.45, 7) is 6.16. The molecule has 1 rings (SSSR count). The van der Waals surface area contributed by atoms with Crippen LogP contribution in [0.25, 0.3) is 0 Å². The van der Waals surface area contributed by atoms with Gasteiger partial charge in [0.25, 0.3) is 0 Å². The fourth-order valence-electron chi connectivity index (χ4n) is 2.61. The maximum atomic E-state index is 9.44. The Kier molecular flexibility index (Phi) is 6.01. The van der Waals surface area contributed by atoms with Gasteiger partial charge >= 0.3 is 0 Å². The first-order valence-electron chi connectivity index (χ1n) is 6.59. The number of aliphatic hydroxyl groups is 1. The van der Waals surface area contributed by atoms with Crippen molar-refractivity contribution in [1.82, 2.24) is 10.2 Å². The zero-order valence-corrected chi connectivity index (χ0v) is 12.3. The lowest BCUT2D eigenvalue weighted by molar-refractivity contribution is -0.00461. The van der Waals surface area contributed by atoms with Gasteiger partial charge in [0.1, 0.15) is 0 Å². The molecule has 1 heterocycles. The minimum Gasteiger partial charge on any atom is -0.394 e. The van der Waals surface area contributed by atoms with Crippen LogP contribution in [0.4, 0.5) is 0 Å². The van der Waals surface area contributed by atoms with Crippen molar-refractivity contribution in [3.8, 4) is 0 Å². The van der Waals surface area contributed by atoms with E-state index < -0.39 is 0 Å². The Morgan fingerprint density at radius 3 is 2.17 bits per heavy atom. The van der Waals surface area contributed by atoms with Crippen LogP contribution in [0.15, 0.2) is 0 Å². The third-order valence-corrected chi connectivity index (χ3v) is 4.17. The fraction of sp³-hybridized carbons (Fsp3) is 1.00. The van der Waals surface area contributed by atoms with Crippen molar-refractivity contribution in [2.75, 3.05) is 41.0 Å². The number of ether oxygens (including phenoxy) is 2. The van der Waals surface area contributed by atoms with Crippen LogP contribution < -0.4 is 5.32 Å². The van der Waals surface area contributed by atoms with Crippen molar-refractivity contribution in [3.63, 3.8) is 0 Å². The van der Waals surface area contributed by atoms with Crippen molar-refractivity contribution in [2.45, 2.75) is 44.1 Å². The molecule has 0 saturated carbocycles. The zero-order valence-electron chi connectivity index (χ0n) is 12.3. The highest BCUT2D eigenvalue weighted by Gasteiger charge is 2.37. The molecule has 0 aliphatic carbocycles. The van der Waals surface area contributed by atoms with E-state index >= 15 is 0 Å². The summed E-state index contributed by atoms with van der Waals surface area (Å²) in [5.41, 5.74) is -0.229. The highest BCUT2D eigenvalue weighted by molar-refractivity contribution is 4.92. The van der Waals surface area contributed by atoms with Gasteiger partial charge in [-0.2, -0.15) is 0 Å². The number of nitrogens with one attached hydrogen (secondary N) is 1. The van der Waals surface area contributed by atoms with Crippen LogP contribution in [0.3, 0.4) is 0 Å². The summed E-state index contributed by atoms with van der Waals surface area (Å²) in [5, 5.41) is 12.6. The maximum absolute atomic E-state index is 9.44. The van der Waals surface area contributed by atoms with Gasteiger partial charge in [0, 0.05) is 38.9 Å². The Hall–Kier alpha value is -0.200. The van der Waals surface area contributed by atoms with Crippen LogP contribution in [0.2, 0.25) is 0 Å². The summed E-state index contributed by atoms with van der Waals surface area (Å²) in [6, 6.07) is 0.382. The third kappa shape index (κ3) is 3.65. The first kappa shape index (κ1) is 15.9. The van der Waals surface area contributed by atoms with E-state index in [9.17, 15) is 5.11 Å². The van der Waals surface area contributed by atoms with Gasteiger partial charge < -0.3 is 19.9 Å².